The van der Waals surface area contributed by atoms with Gasteiger partial charge in [-0.15, -0.1) is 0 Å². The third-order valence-electron chi connectivity index (χ3n) is 8.32. The highest BCUT2D eigenvalue weighted by Gasteiger charge is 2.35. The topological polar surface area (TPSA) is 166 Å². The first kappa shape index (κ1) is 37.3. The van der Waals surface area contributed by atoms with Gasteiger partial charge in [-0.2, -0.15) is 0 Å². The van der Waals surface area contributed by atoms with Crippen molar-refractivity contribution in [3.05, 3.63) is 106 Å². The van der Waals surface area contributed by atoms with Crippen LogP contribution in [0.15, 0.2) is 60.7 Å². The molecule has 0 saturated heterocycles. The lowest BCUT2D eigenvalue weighted by Crippen LogP contribution is -2.23. The molecule has 12 heteroatoms. The van der Waals surface area contributed by atoms with Crippen LogP contribution in [0, 0.1) is 19.8 Å². The summed E-state index contributed by atoms with van der Waals surface area (Å²) in [6.07, 6.45) is 1.82. The number of carbonyl (C=O) groups is 4. The smallest absolute Gasteiger partial charge is 0.271 e. The molecule has 0 radical (unpaired) electrons. The van der Waals surface area contributed by atoms with Gasteiger partial charge < -0.3 is 40.7 Å². The van der Waals surface area contributed by atoms with E-state index in [1.807, 2.05) is 83.1 Å². The zero-order chi connectivity index (χ0) is 36.4. The number of aryl methyl sites for hydroxylation is 2. The van der Waals surface area contributed by atoms with Crippen molar-refractivity contribution >= 4 is 23.6 Å². The summed E-state index contributed by atoms with van der Waals surface area (Å²) < 4.78 is 12.3. The molecule has 4 amide bonds. The third-order valence-corrected chi connectivity index (χ3v) is 8.32. The number of ether oxygens (including phenoxy) is 2. The molecule has 2 aromatic heterocycles. The molecular formula is C38H48N6O6. The number of carbonyl (C=O) groups excluding carboxylic acids is 4. The molecule has 50 heavy (non-hydrogen) atoms. The molecule has 12 nitrogen and oxygen atoms in total. The Kier molecular flexibility index (Phi) is 12.9. The lowest BCUT2D eigenvalue weighted by molar-refractivity contribution is 0.0934. The van der Waals surface area contributed by atoms with E-state index in [1.54, 1.807) is 19.2 Å². The van der Waals surface area contributed by atoms with Gasteiger partial charge in [0, 0.05) is 45.2 Å². The van der Waals surface area contributed by atoms with Crippen molar-refractivity contribution in [1.29, 1.82) is 0 Å². The molecule has 4 aromatic rings. The quantitative estimate of drug-likeness (QED) is 0.108. The van der Waals surface area contributed by atoms with Crippen LogP contribution in [-0.4, -0.2) is 60.8 Å². The number of nitrogens with one attached hydrogen (secondary N) is 6. The fourth-order valence-electron chi connectivity index (χ4n) is 5.73. The van der Waals surface area contributed by atoms with E-state index in [0.29, 0.717) is 41.9 Å². The first-order valence-electron chi connectivity index (χ1n) is 16.9. The van der Waals surface area contributed by atoms with Crippen LogP contribution in [0.25, 0.3) is 0 Å². The van der Waals surface area contributed by atoms with Crippen molar-refractivity contribution < 1.29 is 28.7 Å². The Morgan fingerprint density at radius 2 is 1.20 bits per heavy atom. The lowest BCUT2D eigenvalue weighted by Gasteiger charge is -2.19. The van der Waals surface area contributed by atoms with Gasteiger partial charge in [0.2, 0.25) is 0 Å². The van der Waals surface area contributed by atoms with Gasteiger partial charge >= 0.3 is 0 Å². The van der Waals surface area contributed by atoms with Gasteiger partial charge in [0.25, 0.3) is 23.6 Å². The number of aromatic amines is 2. The summed E-state index contributed by atoms with van der Waals surface area (Å²) in [5.74, 6) is 0.0136. The van der Waals surface area contributed by atoms with Gasteiger partial charge in [0.1, 0.15) is 35.0 Å². The van der Waals surface area contributed by atoms with E-state index in [-0.39, 0.29) is 47.2 Å². The second kappa shape index (κ2) is 17.2. The van der Waals surface area contributed by atoms with Gasteiger partial charge in [-0.25, -0.2) is 0 Å². The minimum absolute atomic E-state index is 0.123. The van der Waals surface area contributed by atoms with E-state index in [0.717, 1.165) is 35.1 Å². The second-order valence-electron chi connectivity index (χ2n) is 12.1. The number of amides is 4. The highest BCUT2D eigenvalue weighted by Crippen LogP contribution is 2.44. The van der Waals surface area contributed by atoms with E-state index in [1.165, 1.54) is 7.05 Å². The van der Waals surface area contributed by atoms with Gasteiger partial charge in [-0.3, -0.25) is 19.2 Å². The summed E-state index contributed by atoms with van der Waals surface area (Å²) in [5, 5.41) is 10.6. The molecule has 2 aromatic carbocycles. The summed E-state index contributed by atoms with van der Waals surface area (Å²) in [6, 6.07) is 19.2. The normalized spacial score (nSPS) is 13.2. The summed E-state index contributed by atoms with van der Waals surface area (Å²) in [4.78, 5) is 54.2. The maximum absolute atomic E-state index is 12.2. The summed E-state index contributed by atoms with van der Waals surface area (Å²) in [7, 11) is 3.09. The molecule has 1 saturated carbocycles. The van der Waals surface area contributed by atoms with Crippen molar-refractivity contribution in [2.24, 2.45) is 5.92 Å². The minimum Gasteiger partial charge on any atom is -0.484 e. The zero-order valence-corrected chi connectivity index (χ0v) is 29.8. The number of hydrogen-bond donors (Lipinski definition) is 6. The molecule has 0 bridgehead atoms. The van der Waals surface area contributed by atoms with E-state index in [4.69, 9.17) is 9.47 Å². The first-order valence-corrected chi connectivity index (χ1v) is 16.9. The monoisotopic (exact) mass is 684 g/mol. The van der Waals surface area contributed by atoms with Crippen LogP contribution in [0.1, 0.15) is 110 Å². The number of aromatic nitrogens is 2. The maximum atomic E-state index is 12.2. The van der Waals surface area contributed by atoms with E-state index in [9.17, 15) is 19.2 Å². The highest BCUT2D eigenvalue weighted by atomic mass is 16.5. The lowest BCUT2D eigenvalue weighted by atomic mass is 9.99. The van der Waals surface area contributed by atoms with Crippen LogP contribution in [0.2, 0.25) is 0 Å². The predicted octanol–water partition coefficient (Wildman–Crippen LogP) is 5.53. The highest BCUT2D eigenvalue weighted by molar-refractivity contribution is 6.00. The summed E-state index contributed by atoms with van der Waals surface area (Å²) in [6.45, 7) is 10.7. The number of hydrogen-bond acceptors (Lipinski definition) is 6. The molecule has 2 unspecified atom stereocenters. The molecule has 2 heterocycles. The molecule has 1 aliphatic rings. The van der Waals surface area contributed by atoms with Crippen molar-refractivity contribution in [3.63, 3.8) is 0 Å². The molecule has 0 spiro atoms. The van der Waals surface area contributed by atoms with Crippen LogP contribution in [0.5, 0.6) is 11.5 Å². The number of benzene rings is 2. The average molecular weight is 685 g/mol. The molecule has 0 aliphatic heterocycles. The average Bonchev–Trinajstić information content (AvgIpc) is 3.72. The van der Waals surface area contributed by atoms with Crippen LogP contribution in [0.4, 0.5) is 0 Å². The van der Waals surface area contributed by atoms with E-state index in [2.05, 4.69) is 31.2 Å². The van der Waals surface area contributed by atoms with Gasteiger partial charge in [0.05, 0.1) is 0 Å². The minimum atomic E-state index is -0.334. The molecule has 1 aliphatic carbocycles. The number of H-pyrrole nitrogens is 2. The Balaban J connectivity index is 0.000000225. The largest absolute Gasteiger partial charge is 0.484 e. The van der Waals surface area contributed by atoms with Gasteiger partial charge in [0.15, 0.2) is 11.5 Å². The molecule has 2 atom stereocenters. The summed E-state index contributed by atoms with van der Waals surface area (Å²) >= 11 is 0. The molecule has 6 N–H and O–H groups in total. The van der Waals surface area contributed by atoms with Crippen LogP contribution in [-0.2, 0) is 0 Å². The molecule has 5 rings (SSSR count). The van der Waals surface area contributed by atoms with Gasteiger partial charge in [-0.05, 0) is 69.7 Å². The third kappa shape index (κ3) is 9.13. The predicted molar refractivity (Wildman–Crippen MR) is 192 cm³/mol. The van der Waals surface area contributed by atoms with Crippen molar-refractivity contribution in [2.75, 3.05) is 27.2 Å². The first-order chi connectivity index (χ1) is 24.0. The second-order valence-corrected chi connectivity index (χ2v) is 12.1. The fraction of sp³-hybridized carbons (Fsp3) is 0.368. The Labute approximate surface area is 293 Å². The number of rotatable bonds is 13. The Morgan fingerprint density at radius 1 is 0.720 bits per heavy atom. The fourth-order valence-corrected chi connectivity index (χ4v) is 5.73. The Hall–Kier alpha value is -5.52. The standard InChI is InChI=1S/C19H23N3O3.C19H25N3O3/c1-3-21-18(23)14-11-15(16(22-14)19(24)20-2)25-17(13-9-10-13)12-7-5-4-6-8-12;1-6-21-18(23)14-10-15(17(22-14)19(24)20-5)25-13(4)16-11(2)8-7-9-12(16)3/h4-8,11,13,17,22H,3,9-10H2,1-2H3,(H,20,24)(H,21,23);7-10,13,22H,6H2,1-5H3,(H,20,24)(H,21,23). The molecule has 266 valence electrons. The van der Waals surface area contributed by atoms with E-state index < -0.39 is 0 Å². The molecule has 1 fully saturated rings. The Bertz CT molecular complexity index is 1770. The summed E-state index contributed by atoms with van der Waals surface area (Å²) in [5.41, 5.74) is 5.51. The zero-order valence-electron chi connectivity index (χ0n) is 29.8. The van der Waals surface area contributed by atoms with Gasteiger partial charge in [-0.1, -0.05) is 48.5 Å². The molecular weight excluding hydrogens is 636 g/mol. The van der Waals surface area contributed by atoms with E-state index >= 15 is 0 Å². The maximum Gasteiger partial charge on any atom is 0.271 e. The van der Waals surface area contributed by atoms with Crippen LogP contribution >= 0.6 is 0 Å². The van der Waals surface area contributed by atoms with Crippen molar-refractivity contribution in [3.8, 4) is 11.5 Å². The van der Waals surface area contributed by atoms with Crippen LogP contribution < -0.4 is 30.7 Å². The van der Waals surface area contributed by atoms with Crippen molar-refractivity contribution in [1.82, 2.24) is 31.2 Å². The van der Waals surface area contributed by atoms with Crippen molar-refractivity contribution in [2.45, 2.75) is 59.7 Å². The van der Waals surface area contributed by atoms with Crippen LogP contribution in [0.3, 0.4) is 0 Å². The SMILES string of the molecule is CCNC(=O)c1cc(OC(C)c2c(C)cccc2C)c(C(=O)NC)[nH]1.CCNC(=O)c1cc(OC(c2ccccc2)C2CC2)c(C(=O)NC)[nH]1. The Morgan fingerprint density at radius 3 is 1.64 bits per heavy atom.